The number of rotatable bonds is 3. The number of nitrogens with zero attached hydrogens (tertiary/aromatic N) is 4. The fraction of sp³-hybridized carbons (Fsp3) is 0.200. The highest BCUT2D eigenvalue weighted by atomic mass is 19.2. The standard InChI is InChI=1S/C15H12F4N4/c1-22(13-11(16)14(18)21-15(19)12(13)17)7-10-20-8-5-3-4-6-9(8)23(10)2/h3-6H,7H2,1-2H3. The van der Waals surface area contributed by atoms with Gasteiger partial charge >= 0.3 is 0 Å². The second-order valence-electron chi connectivity index (χ2n) is 5.10. The number of imidazole rings is 1. The quantitative estimate of drug-likeness (QED) is 0.548. The van der Waals surface area contributed by atoms with E-state index in [-0.39, 0.29) is 6.54 Å². The summed E-state index contributed by atoms with van der Waals surface area (Å²) in [6.07, 6.45) is 0. The highest BCUT2D eigenvalue weighted by Gasteiger charge is 2.24. The van der Waals surface area contributed by atoms with Crippen molar-refractivity contribution in [2.45, 2.75) is 6.54 Å². The SMILES string of the molecule is CN(Cc1nc2ccccc2n1C)c1c(F)c(F)nc(F)c1F. The number of halogens is 4. The van der Waals surface area contributed by atoms with E-state index in [4.69, 9.17) is 0 Å². The molecular weight excluding hydrogens is 312 g/mol. The maximum Gasteiger partial charge on any atom is 0.253 e. The first kappa shape index (κ1) is 15.3. The Morgan fingerprint density at radius 1 is 1.00 bits per heavy atom. The molecule has 8 heteroatoms. The number of hydrogen-bond acceptors (Lipinski definition) is 3. The molecular formula is C15H12F4N4. The maximum atomic E-state index is 13.8. The molecule has 1 aromatic carbocycles. The van der Waals surface area contributed by atoms with Gasteiger partial charge in [-0.1, -0.05) is 12.1 Å². The lowest BCUT2D eigenvalue weighted by atomic mass is 10.3. The number of anilines is 1. The number of aromatic nitrogens is 3. The summed E-state index contributed by atoms with van der Waals surface area (Å²) < 4.78 is 55.8. The van der Waals surface area contributed by atoms with Crippen molar-refractivity contribution < 1.29 is 17.6 Å². The molecule has 0 N–H and O–H groups in total. The third-order valence-electron chi connectivity index (χ3n) is 3.61. The maximum absolute atomic E-state index is 13.8. The van der Waals surface area contributed by atoms with Gasteiger partial charge < -0.3 is 9.47 Å². The van der Waals surface area contributed by atoms with Gasteiger partial charge in [-0.05, 0) is 12.1 Å². The van der Waals surface area contributed by atoms with Crippen LogP contribution in [0.25, 0.3) is 11.0 Å². The van der Waals surface area contributed by atoms with Crippen LogP contribution in [-0.4, -0.2) is 21.6 Å². The van der Waals surface area contributed by atoms with Gasteiger partial charge in [0.25, 0.3) is 11.9 Å². The summed E-state index contributed by atoms with van der Waals surface area (Å²) in [4.78, 5) is 7.95. The van der Waals surface area contributed by atoms with Gasteiger partial charge in [0.2, 0.25) is 11.6 Å². The highest BCUT2D eigenvalue weighted by Crippen LogP contribution is 2.26. The van der Waals surface area contributed by atoms with Crippen molar-refractivity contribution in [3.05, 3.63) is 53.6 Å². The van der Waals surface area contributed by atoms with E-state index in [1.807, 2.05) is 18.2 Å². The topological polar surface area (TPSA) is 34.0 Å². The van der Waals surface area contributed by atoms with Gasteiger partial charge in [0.05, 0.1) is 17.6 Å². The van der Waals surface area contributed by atoms with Gasteiger partial charge in [-0.15, -0.1) is 0 Å². The third-order valence-corrected chi connectivity index (χ3v) is 3.61. The number of para-hydroxylation sites is 2. The first-order valence-corrected chi connectivity index (χ1v) is 6.71. The molecule has 0 unspecified atom stereocenters. The molecule has 0 radical (unpaired) electrons. The minimum atomic E-state index is -1.68. The normalized spacial score (nSPS) is 11.2. The van der Waals surface area contributed by atoms with Crippen molar-refractivity contribution in [1.29, 1.82) is 0 Å². The van der Waals surface area contributed by atoms with Crippen molar-refractivity contribution >= 4 is 16.7 Å². The van der Waals surface area contributed by atoms with Gasteiger partial charge in [0.1, 0.15) is 11.5 Å². The molecule has 0 aliphatic heterocycles. The van der Waals surface area contributed by atoms with Gasteiger partial charge in [-0.2, -0.15) is 22.5 Å². The molecule has 0 saturated heterocycles. The Kier molecular flexibility index (Phi) is 3.67. The van der Waals surface area contributed by atoms with E-state index in [0.29, 0.717) is 11.3 Å². The molecule has 0 fully saturated rings. The summed E-state index contributed by atoms with van der Waals surface area (Å²) >= 11 is 0. The molecule has 4 nitrogen and oxygen atoms in total. The molecule has 3 rings (SSSR count). The smallest absolute Gasteiger partial charge is 0.253 e. The zero-order chi connectivity index (χ0) is 16.7. The molecule has 0 amide bonds. The summed E-state index contributed by atoms with van der Waals surface area (Å²) in [5, 5.41) is 0. The van der Waals surface area contributed by atoms with Crippen LogP contribution in [0.5, 0.6) is 0 Å². The lowest BCUT2D eigenvalue weighted by Gasteiger charge is -2.20. The van der Waals surface area contributed by atoms with Crippen molar-refractivity contribution in [3.63, 3.8) is 0 Å². The summed E-state index contributed by atoms with van der Waals surface area (Å²) in [6.45, 7) is -0.0398. The molecule has 0 spiro atoms. The Morgan fingerprint density at radius 2 is 1.61 bits per heavy atom. The molecule has 0 atom stereocenters. The van der Waals surface area contributed by atoms with Crippen LogP contribution in [0.15, 0.2) is 24.3 Å². The fourth-order valence-electron chi connectivity index (χ4n) is 2.44. The first-order chi connectivity index (χ1) is 10.9. The Bertz CT molecular complexity index is 865. The Hall–Kier alpha value is -2.64. The van der Waals surface area contributed by atoms with Crippen LogP contribution in [0.3, 0.4) is 0 Å². The molecule has 2 heterocycles. The second kappa shape index (κ2) is 5.53. The van der Waals surface area contributed by atoms with Gasteiger partial charge in [-0.25, -0.2) is 4.98 Å². The Labute approximate surface area is 129 Å². The average Bonchev–Trinajstić information content (AvgIpc) is 2.82. The van der Waals surface area contributed by atoms with Crippen molar-refractivity contribution in [2.24, 2.45) is 7.05 Å². The largest absolute Gasteiger partial charge is 0.362 e. The lowest BCUT2D eigenvalue weighted by Crippen LogP contribution is -2.23. The van der Waals surface area contributed by atoms with Crippen molar-refractivity contribution in [2.75, 3.05) is 11.9 Å². The first-order valence-electron chi connectivity index (χ1n) is 6.71. The molecule has 2 aromatic heterocycles. The fourth-order valence-corrected chi connectivity index (χ4v) is 2.44. The monoisotopic (exact) mass is 324 g/mol. The number of hydrogen-bond donors (Lipinski definition) is 0. The van der Waals surface area contributed by atoms with Crippen LogP contribution >= 0.6 is 0 Å². The highest BCUT2D eigenvalue weighted by molar-refractivity contribution is 5.75. The summed E-state index contributed by atoms with van der Waals surface area (Å²) in [5.41, 5.74) is 0.734. The van der Waals surface area contributed by atoms with E-state index >= 15 is 0 Å². The van der Waals surface area contributed by atoms with Gasteiger partial charge in [-0.3, -0.25) is 0 Å². The number of benzene rings is 1. The van der Waals surface area contributed by atoms with Crippen LogP contribution < -0.4 is 4.90 Å². The van der Waals surface area contributed by atoms with Crippen molar-refractivity contribution in [1.82, 2.24) is 14.5 Å². The van der Waals surface area contributed by atoms with E-state index in [1.165, 1.54) is 7.05 Å². The summed E-state index contributed by atoms with van der Waals surface area (Å²) in [6, 6.07) is 7.30. The summed E-state index contributed by atoms with van der Waals surface area (Å²) in [5.74, 6) is -5.95. The Morgan fingerprint density at radius 3 is 2.22 bits per heavy atom. The van der Waals surface area contributed by atoms with Crippen LogP contribution in [0.1, 0.15) is 5.82 Å². The molecule has 3 aromatic rings. The van der Waals surface area contributed by atoms with E-state index in [1.54, 1.807) is 17.7 Å². The third kappa shape index (κ3) is 2.49. The predicted octanol–water partition coefficient (Wildman–Crippen LogP) is 3.16. The molecule has 0 bridgehead atoms. The van der Waals surface area contributed by atoms with Crippen LogP contribution in [-0.2, 0) is 13.6 Å². The van der Waals surface area contributed by atoms with Gasteiger partial charge in [0.15, 0.2) is 0 Å². The van der Waals surface area contributed by atoms with Crippen molar-refractivity contribution in [3.8, 4) is 0 Å². The zero-order valence-electron chi connectivity index (χ0n) is 12.3. The minimum Gasteiger partial charge on any atom is -0.362 e. The minimum absolute atomic E-state index is 0.0398. The van der Waals surface area contributed by atoms with Crippen LogP contribution in [0, 0.1) is 23.5 Å². The molecule has 0 aliphatic rings. The predicted molar refractivity (Wildman–Crippen MR) is 76.9 cm³/mol. The van der Waals surface area contributed by atoms with E-state index in [0.717, 1.165) is 10.4 Å². The zero-order valence-corrected chi connectivity index (χ0v) is 12.3. The number of pyridine rings is 1. The van der Waals surface area contributed by atoms with Crippen LogP contribution in [0.2, 0.25) is 0 Å². The molecule has 0 aliphatic carbocycles. The molecule has 120 valence electrons. The summed E-state index contributed by atoms with van der Waals surface area (Å²) in [7, 11) is 3.07. The van der Waals surface area contributed by atoms with E-state index in [2.05, 4.69) is 9.97 Å². The Balaban J connectivity index is 2.01. The molecule has 0 saturated carbocycles. The average molecular weight is 324 g/mol. The van der Waals surface area contributed by atoms with E-state index in [9.17, 15) is 17.6 Å². The van der Waals surface area contributed by atoms with Crippen LogP contribution in [0.4, 0.5) is 23.2 Å². The van der Waals surface area contributed by atoms with E-state index < -0.39 is 29.2 Å². The molecule has 23 heavy (non-hydrogen) atoms. The number of fused-ring (bicyclic) bond motifs is 1. The second-order valence-corrected chi connectivity index (χ2v) is 5.10. The number of aryl methyl sites for hydroxylation is 1. The lowest BCUT2D eigenvalue weighted by molar-refractivity contribution is 0.406. The van der Waals surface area contributed by atoms with Gasteiger partial charge in [0, 0.05) is 14.1 Å².